The Balaban J connectivity index is 1.51. The van der Waals surface area contributed by atoms with E-state index < -0.39 is 9.84 Å². The molecule has 6 nitrogen and oxygen atoms in total. The van der Waals surface area contributed by atoms with E-state index in [0.717, 1.165) is 25.7 Å². The van der Waals surface area contributed by atoms with Gasteiger partial charge in [-0.3, -0.25) is 9.59 Å². The molecule has 2 amide bonds. The molecule has 27 heavy (non-hydrogen) atoms. The van der Waals surface area contributed by atoms with Crippen LogP contribution in [0.3, 0.4) is 0 Å². The van der Waals surface area contributed by atoms with Gasteiger partial charge < -0.3 is 10.6 Å². The largest absolute Gasteiger partial charge is 0.353 e. The third-order valence-electron chi connectivity index (χ3n) is 5.89. The number of carbonyl (C=O) groups excluding carboxylic acids is 2. The van der Waals surface area contributed by atoms with Crippen LogP contribution < -0.4 is 10.6 Å². The molecule has 2 fully saturated rings. The van der Waals surface area contributed by atoms with E-state index in [9.17, 15) is 18.0 Å². The molecule has 0 aromatic heterocycles. The van der Waals surface area contributed by atoms with E-state index in [0.29, 0.717) is 18.3 Å². The summed E-state index contributed by atoms with van der Waals surface area (Å²) in [5.41, 5.74) is 0. The highest BCUT2D eigenvalue weighted by Crippen LogP contribution is 2.36. The summed E-state index contributed by atoms with van der Waals surface area (Å²) in [5, 5.41) is 6.05. The first-order chi connectivity index (χ1) is 12.9. The van der Waals surface area contributed by atoms with Crippen LogP contribution in [0.5, 0.6) is 0 Å². The lowest BCUT2D eigenvalue weighted by Gasteiger charge is -2.44. The van der Waals surface area contributed by atoms with Crippen molar-refractivity contribution in [1.82, 2.24) is 10.6 Å². The number of sulfone groups is 1. The van der Waals surface area contributed by atoms with Crippen LogP contribution in [-0.2, 0) is 19.4 Å². The second-order valence-corrected chi connectivity index (χ2v) is 9.78. The minimum absolute atomic E-state index is 0.00548. The van der Waals surface area contributed by atoms with Crippen molar-refractivity contribution in [3.63, 3.8) is 0 Å². The van der Waals surface area contributed by atoms with Gasteiger partial charge in [-0.15, -0.1) is 0 Å². The van der Waals surface area contributed by atoms with Crippen LogP contribution in [0.2, 0.25) is 0 Å². The van der Waals surface area contributed by atoms with Crippen molar-refractivity contribution in [2.75, 3.05) is 5.75 Å². The Morgan fingerprint density at radius 1 is 1.22 bits per heavy atom. The fourth-order valence-electron chi connectivity index (χ4n) is 4.43. The normalized spacial score (nSPS) is 28.1. The van der Waals surface area contributed by atoms with E-state index in [1.165, 1.54) is 0 Å². The van der Waals surface area contributed by atoms with Crippen molar-refractivity contribution in [2.24, 2.45) is 11.8 Å². The van der Waals surface area contributed by atoms with Crippen molar-refractivity contribution in [3.8, 4) is 0 Å². The molecule has 148 valence electrons. The number of fused-ring (bicyclic) bond motifs is 1. The van der Waals surface area contributed by atoms with Crippen LogP contribution >= 0.6 is 0 Å². The monoisotopic (exact) mass is 392 g/mol. The van der Waals surface area contributed by atoms with Gasteiger partial charge in [-0.25, -0.2) is 8.42 Å². The standard InChI is InChI=1S/C20H28N2O4S/c1-2-14-12-20(24)22-18-13-15(8-9-17(14)18)21-19(23)10-11-27(25,26)16-6-4-3-5-7-16/h3-7,14-15,17-18H,2,8-13H2,1H3,(H,21,23)(H,22,24). The van der Waals surface area contributed by atoms with Crippen molar-refractivity contribution in [1.29, 1.82) is 0 Å². The van der Waals surface area contributed by atoms with Crippen LogP contribution in [0.1, 0.15) is 45.4 Å². The number of rotatable bonds is 6. The molecule has 1 aliphatic carbocycles. The maximum Gasteiger partial charge on any atom is 0.221 e. The molecule has 1 saturated heterocycles. The predicted octanol–water partition coefficient (Wildman–Crippen LogP) is 2.05. The lowest BCUT2D eigenvalue weighted by Crippen LogP contribution is -2.55. The molecule has 1 aliphatic heterocycles. The Bertz CT molecular complexity index is 778. The van der Waals surface area contributed by atoms with Gasteiger partial charge >= 0.3 is 0 Å². The smallest absolute Gasteiger partial charge is 0.221 e. The molecule has 7 heteroatoms. The highest BCUT2D eigenvalue weighted by atomic mass is 32.2. The number of carbonyl (C=O) groups is 2. The van der Waals surface area contributed by atoms with Gasteiger partial charge in [-0.1, -0.05) is 31.5 Å². The zero-order valence-electron chi connectivity index (χ0n) is 15.7. The van der Waals surface area contributed by atoms with Gasteiger partial charge in [-0.05, 0) is 43.2 Å². The average Bonchev–Trinajstić information content (AvgIpc) is 2.66. The molecule has 3 rings (SSSR count). The summed E-state index contributed by atoms with van der Waals surface area (Å²) < 4.78 is 24.6. The van der Waals surface area contributed by atoms with Gasteiger partial charge in [-0.2, -0.15) is 0 Å². The molecule has 1 saturated carbocycles. The molecule has 2 N–H and O–H groups in total. The van der Waals surface area contributed by atoms with Gasteiger partial charge in [0.05, 0.1) is 10.6 Å². The maximum absolute atomic E-state index is 12.3. The summed E-state index contributed by atoms with van der Waals surface area (Å²) in [6, 6.07) is 8.31. The first-order valence-electron chi connectivity index (χ1n) is 9.75. The van der Waals surface area contributed by atoms with Crippen molar-refractivity contribution in [3.05, 3.63) is 30.3 Å². The van der Waals surface area contributed by atoms with Crippen LogP contribution in [0.15, 0.2) is 35.2 Å². The van der Waals surface area contributed by atoms with Gasteiger partial charge in [0.25, 0.3) is 0 Å². The lowest BCUT2D eigenvalue weighted by molar-refractivity contribution is -0.127. The Morgan fingerprint density at radius 3 is 2.67 bits per heavy atom. The average molecular weight is 393 g/mol. The quantitative estimate of drug-likeness (QED) is 0.775. The second kappa shape index (κ2) is 8.42. The fraction of sp³-hybridized carbons (Fsp3) is 0.600. The topological polar surface area (TPSA) is 92.3 Å². The lowest BCUT2D eigenvalue weighted by atomic mass is 9.70. The van der Waals surface area contributed by atoms with E-state index in [4.69, 9.17) is 0 Å². The van der Waals surface area contributed by atoms with Crippen LogP contribution in [0, 0.1) is 11.8 Å². The third kappa shape index (κ3) is 4.89. The van der Waals surface area contributed by atoms with E-state index >= 15 is 0 Å². The van der Waals surface area contributed by atoms with E-state index in [1.54, 1.807) is 30.3 Å². The number of benzene rings is 1. The Morgan fingerprint density at radius 2 is 1.96 bits per heavy atom. The van der Waals surface area contributed by atoms with E-state index in [-0.39, 0.29) is 41.0 Å². The summed E-state index contributed by atoms with van der Waals surface area (Å²) in [7, 11) is -3.45. The molecule has 2 aliphatic rings. The van der Waals surface area contributed by atoms with Gasteiger partial charge in [0.2, 0.25) is 11.8 Å². The van der Waals surface area contributed by atoms with Crippen LogP contribution in [-0.4, -0.2) is 38.1 Å². The number of hydrogen-bond donors (Lipinski definition) is 2. The first-order valence-corrected chi connectivity index (χ1v) is 11.4. The summed E-state index contributed by atoms with van der Waals surface area (Å²) in [6.07, 6.45) is 4.15. The Labute approximate surface area is 161 Å². The minimum Gasteiger partial charge on any atom is -0.353 e. The Kier molecular flexibility index (Phi) is 6.19. The molecule has 1 heterocycles. The SMILES string of the molecule is CCC1CC(=O)NC2CC(NC(=O)CCS(=O)(=O)c3ccccc3)CCC12. The zero-order valence-corrected chi connectivity index (χ0v) is 16.5. The molecule has 4 unspecified atom stereocenters. The number of amides is 2. The highest BCUT2D eigenvalue weighted by molar-refractivity contribution is 7.91. The fourth-order valence-corrected chi connectivity index (χ4v) is 5.69. The van der Waals surface area contributed by atoms with Crippen LogP contribution in [0.4, 0.5) is 0 Å². The van der Waals surface area contributed by atoms with Gasteiger partial charge in [0.1, 0.15) is 0 Å². The third-order valence-corrected chi connectivity index (χ3v) is 7.62. The number of piperidine rings is 1. The molecular formula is C20H28N2O4S. The highest BCUT2D eigenvalue weighted by Gasteiger charge is 2.40. The van der Waals surface area contributed by atoms with Gasteiger partial charge in [0.15, 0.2) is 9.84 Å². The first kappa shape index (κ1) is 19.9. The van der Waals surface area contributed by atoms with E-state index in [2.05, 4.69) is 17.6 Å². The molecule has 0 bridgehead atoms. The summed E-state index contributed by atoms with van der Waals surface area (Å²) in [4.78, 5) is 24.4. The predicted molar refractivity (Wildman–Crippen MR) is 103 cm³/mol. The Hall–Kier alpha value is -1.89. The molecule has 0 spiro atoms. The van der Waals surface area contributed by atoms with Crippen molar-refractivity contribution >= 4 is 21.7 Å². The van der Waals surface area contributed by atoms with Gasteiger partial charge in [0, 0.05) is 24.9 Å². The van der Waals surface area contributed by atoms with Crippen molar-refractivity contribution < 1.29 is 18.0 Å². The number of hydrogen-bond acceptors (Lipinski definition) is 4. The van der Waals surface area contributed by atoms with E-state index in [1.807, 2.05) is 0 Å². The number of nitrogens with one attached hydrogen (secondary N) is 2. The van der Waals surface area contributed by atoms with Crippen molar-refractivity contribution in [2.45, 2.75) is 62.4 Å². The maximum atomic E-state index is 12.3. The molecular weight excluding hydrogens is 364 g/mol. The van der Waals surface area contributed by atoms with Crippen LogP contribution in [0.25, 0.3) is 0 Å². The molecule has 1 aromatic rings. The molecule has 0 radical (unpaired) electrons. The second-order valence-electron chi connectivity index (χ2n) is 7.67. The summed E-state index contributed by atoms with van der Waals surface area (Å²) in [5.74, 6) is 0.572. The molecule has 4 atom stereocenters. The zero-order chi connectivity index (χ0) is 19.4. The summed E-state index contributed by atoms with van der Waals surface area (Å²) >= 11 is 0. The minimum atomic E-state index is -3.45. The molecule has 1 aromatic carbocycles. The summed E-state index contributed by atoms with van der Waals surface area (Å²) in [6.45, 7) is 2.13.